The molecule has 0 saturated carbocycles. The SMILES string of the molecule is CC(C)(C)CC(C)(C)c1ccc([O-])c(Sc2cc(C(C)(C)CC(C)(C)C)ccc2[O-])c1. The fourth-order valence-electron chi connectivity index (χ4n) is 4.99. The monoisotopic (exact) mass is 440 g/mol. The van der Waals surface area contributed by atoms with Crippen LogP contribution >= 0.6 is 11.8 Å². The van der Waals surface area contributed by atoms with Crippen LogP contribution in [0, 0.1) is 10.8 Å². The highest BCUT2D eigenvalue weighted by atomic mass is 32.2. The zero-order valence-electron chi connectivity index (χ0n) is 21.1. The predicted octanol–water partition coefficient (Wildman–Crippen LogP) is 7.41. The summed E-state index contributed by atoms with van der Waals surface area (Å²) in [6.07, 6.45) is 2.01. The van der Waals surface area contributed by atoms with Gasteiger partial charge in [0.15, 0.2) is 0 Å². The van der Waals surface area contributed by atoms with Crippen molar-refractivity contribution in [2.45, 2.75) is 103 Å². The van der Waals surface area contributed by atoms with E-state index in [1.165, 1.54) is 11.8 Å². The molecule has 0 aromatic heterocycles. The van der Waals surface area contributed by atoms with Gasteiger partial charge in [0, 0.05) is 9.79 Å². The third kappa shape index (κ3) is 7.20. The Bertz CT molecular complexity index is 836. The number of hydrogen-bond donors (Lipinski definition) is 0. The Kier molecular flexibility index (Phi) is 7.22. The first-order chi connectivity index (χ1) is 13.9. The molecule has 0 aliphatic heterocycles. The molecule has 0 aliphatic rings. The minimum Gasteiger partial charge on any atom is -0.872 e. The van der Waals surface area contributed by atoms with Gasteiger partial charge in [-0.1, -0.05) is 117 Å². The Morgan fingerprint density at radius 2 is 0.903 bits per heavy atom. The van der Waals surface area contributed by atoms with Crippen molar-refractivity contribution < 1.29 is 10.2 Å². The molecule has 0 fully saturated rings. The smallest absolute Gasteiger partial charge is 0.00459 e. The lowest BCUT2D eigenvalue weighted by molar-refractivity contribution is -0.272. The summed E-state index contributed by atoms with van der Waals surface area (Å²) in [4.78, 5) is 1.25. The van der Waals surface area contributed by atoms with Gasteiger partial charge in [-0.05, 0) is 57.8 Å². The van der Waals surface area contributed by atoms with Crippen LogP contribution in [0.3, 0.4) is 0 Å². The summed E-state index contributed by atoms with van der Waals surface area (Å²) in [5, 5.41) is 25.3. The Morgan fingerprint density at radius 1 is 0.581 bits per heavy atom. The Hall–Kier alpha value is -1.61. The summed E-state index contributed by atoms with van der Waals surface area (Å²) < 4.78 is 0. The summed E-state index contributed by atoms with van der Waals surface area (Å²) in [6.45, 7) is 22.3. The van der Waals surface area contributed by atoms with Gasteiger partial charge in [0.05, 0.1) is 0 Å². The molecule has 172 valence electrons. The summed E-state index contributed by atoms with van der Waals surface area (Å²) >= 11 is 1.31. The van der Waals surface area contributed by atoms with Gasteiger partial charge in [-0.3, -0.25) is 0 Å². The van der Waals surface area contributed by atoms with Crippen molar-refractivity contribution in [1.82, 2.24) is 0 Å². The second kappa shape index (κ2) is 8.73. The minimum absolute atomic E-state index is 0.0286. The second-order valence-electron chi connectivity index (χ2n) is 12.7. The number of rotatable bonds is 6. The van der Waals surface area contributed by atoms with Crippen molar-refractivity contribution in [3.05, 3.63) is 47.5 Å². The van der Waals surface area contributed by atoms with Crippen molar-refractivity contribution in [2.75, 3.05) is 0 Å². The van der Waals surface area contributed by atoms with Crippen molar-refractivity contribution in [1.29, 1.82) is 0 Å². The highest BCUT2D eigenvalue weighted by molar-refractivity contribution is 7.99. The van der Waals surface area contributed by atoms with E-state index in [2.05, 4.69) is 69.2 Å². The van der Waals surface area contributed by atoms with E-state index in [9.17, 15) is 10.2 Å². The van der Waals surface area contributed by atoms with E-state index < -0.39 is 0 Å². The molecule has 0 spiro atoms. The Balaban J connectivity index is 2.41. The van der Waals surface area contributed by atoms with Crippen molar-refractivity contribution >= 4 is 11.8 Å². The third-order valence-electron chi connectivity index (χ3n) is 5.61. The molecule has 2 aromatic carbocycles. The Labute approximate surface area is 194 Å². The van der Waals surface area contributed by atoms with Crippen molar-refractivity contribution in [3.8, 4) is 11.5 Å². The summed E-state index contributed by atoms with van der Waals surface area (Å²) in [5.41, 5.74) is 2.53. The summed E-state index contributed by atoms with van der Waals surface area (Å²) in [7, 11) is 0. The fraction of sp³-hybridized carbons (Fsp3) is 0.571. The van der Waals surface area contributed by atoms with Crippen LogP contribution in [0.5, 0.6) is 11.5 Å². The second-order valence-corrected chi connectivity index (χ2v) is 13.8. The highest BCUT2D eigenvalue weighted by Crippen LogP contribution is 2.44. The molecule has 0 atom stereocenters. The fourth-order valence-corrected chi connectivity index (χ4v) is 5.94. The van der Waals surface area contributed by atoms with Crippen LogP contribution in [0.4, 0.5) is 0 Å². The molecular formula is C28H40O2S-2. The number of hydrogen-bond acceptors (Lipinski definition) is 3. The lowest BCUT2D eigenvalue weighted by Gasteiger charge is -2.34. The molecule has 2 aromatic rings. The summed E-state index contributed by atoms with van der Waals surface area (Å²) in [5.74, 6) is -0.0573. The maximum Gasteiger partial charge on any atom is 0.00459 e. The van der Waals surface area contributed by atoms with Gasteiger partial charge in [-0.15, -0.1) is 0 Å². The zero-order valence-corrected chi connectivity index (χ0v) is 21.9. The molecule has 0 heterocycles. The molecule has 0 aliphatic carbocycles. The molecule has 2 rings (SSSR count). The van der Waals surface area contributed by atoms with Crippen molar-refractivity contribution in [3.63, 3.8) is 0 Å². The first-order valence-electron chi connectivity index (χ1n) is 11.2. The van der Waals surface area contributed by atoms with E-state index in [1.807, 2.05) is 24.3 Å². The lowest BCUT2D eigenvalue weighted by atomic mass is 9.72. The highest BCUT2D eigenvalue weighted by Gasteiger charge is 2.29. The molecule has 0 radical (unpaired) electrons. The van der Waals surface area contributed by atoms with Crippen molar-refractivity contribution in [2.24, 2.45) is 10.8 Å². The minimum atomic E-state index is -0.0574. The molecule has 0 saturated heterocycles. The van der Waals surface area contributed by atoms with E-state index in [0.29, 0.717) is 9.79 Å². The average Bonchev–Trinajstić information content (AvgIpc) is 2.54. The molecule has 2 nitrogen and oxygen atoms in total. The van der Waals surface area contributed by atoms with Crippen LogP contribution in [0.25, 0.3) is 0 Å². The molecule has 0 amide bonds. The number of benzene rings is 2. The van der Waals surface area contributed by atoms with E-state index >= 15 is 0 Å². The molecular weight excluding hydrogens is 400 g/mol. The maximum absolute atomic E-state index is 12.6. The van der Waals surface area contributed by atoms with Gasteiger partial charge in [0.1, 0.15) is 0 Å². The molecule has 0 unspecified atom stereocenters. The zero-order chi connectivity index (χ0) is 23.8. The van der Waals surface area contributed by atoms with Crippen LogP contribution in [-0.2, 0) is 10.8 Å². The van der Waals surface area contributed by atoms with Gasteiger partial charge in [-0.25, -0.2) is 0 Å². The standard InChI is InChI=1S/C28H42O2S/c1-25(2,3)17-27(7,8)19-11-13-21(29)23(15-19)31-24-16-20(12-14-22(24)30)28(9,10)18-26(4,5)6/h11-16,29-30H,17-18H2,1-10H3/p-2. The largest absolute Gasteiger partial charge is 0.872 e. The third-order valence-corrected chi connectivity index (χ3v) is 6.69. The van der Waals surface area contributed by atoms with E-state index in [0.717, 1.165) is 24.0 Å². The van der Waals surface area contributed by atoms with Crippen LogP contribution in [0.15, 0.2) is 46.2 Å². The molecule has 3 heteroatoms. The van der Waals surface area contributed by atoms with Gasteiger partial charge >= 0.3 is 0 Å². The maximum atomic E-state index is 12.6. The van der Waals surface area contributed by atoms with Gasteiger partial charge in [0.2, 0.25) is 0 Å². The van der Waals surface area contributed by atoms with Gasteiger partial charge in [-0.2, -0.15) is 0 Å². The van der Waals surface area contributed by atoms with Crippen LogP contribution < -0.4 is 10.2 Å². The Morgan fingerprint density at radius 3 is 1.19 bits per heavy atom. The van der Waals surface area contributed by atoms with Crippen LogP contribution in [0.2, 0.25) is 0 Å². The van der Waals surface area contributed by atoms with E-state index in [4.69, 9.17) is 0 Å². The van der Waals surface area contributed by atoms with Gasteiger partial charge in [0.25, 0.3) is 0 Å². The molecule has 31 heavy (non-hydrogen) atoms. The normalized spacial score (nSPS) is 13.5. The molecule has 0 N–H and O–H groups in total. The first kappa shape index (κ1) is 25.6. The van der Waals surface area contributed by atoms with Crippen LogP contribution in [-0.4, -0.2) is 0 Å². The first-order valence-corrected chi connectivity index (χ1v) is 12.0. The lowest BCUT2D eigenvalue weighted by Crippen LogP contribution is -2.25. The van der Waals surface area contributed by atoms with Crippen LogP contribution in [0.1, 0.15) is 93.2 Å². The van der Waals surface area contributed by atoms with E-state index in [1.54, 1.807) is 12.1 Å². The van der Waals surface area contributed by atoms with Gasteiger partial charge < -0.3 is 10.2 Å². The average molecular weight is 441 g/mol. The molecule has 0 bridgehead atoms. The predicted molar refractivity (Wildman–Crippen MR) is 130 cm³/mol. The summed E-state index contributed by atoms with van der Waals surface area (Å²) in [6, 6.07) is 11.2. The topological polar surface area (TPSA) is 46.1 Å². The quantitative estimate of drug-likeness (QED) is 0.470. The van der Waals surface area contributed by atoms with E-state index in [-0.39, 0.29) is 33.2 Å².